The lowest BCUT2D eigenvalue weighted by molar-refractivity contribution is 0.207. The smallest absolute Gasteiger partial charge is 0.319 e. The van der Waals surface area contributed by atoms with Gasteiger partial charge in [-0.25, -0.2) is 4.79 Å². The Hall–Kier alpha value is -2.88. The number of rotatable bonds is 3. The molecule has 0 radical (unpaired) electrons. The third kappa shape index (κ3) is 3.16. The van der Waals surface area contributed by atoms with Crippen LogP contribution in [0.5, 0.6) is 0 Å². The Bertz CT molecular complexity index is 812. The van der Waals surface area contributed by atoms with E-state index >= 15 is 0 Å². The third-order valence-electron chi connectivity index (χ3n) is 4.05. The molecular formula is C19H19N3O. The number of fused-ring (bicyclic) bond motifs is 1. The van der Waals surface area contributed by atoms with Crippen molar-refractivity contribution in [2.75, 3.05) is 12.4 Å². The van der Waals surface area contributed by atoms with Crippen LogP contribution in [0.15, 0.2) is 66.9 Å². The predicted octanol–water partition coefficient (Wildman–Crippen LogP) is 4.46. The Kier molecular flexibility index (Phi) is 4.24. The van der Waals surface area contributed by atoms with Crippen LogP contribution in [0.1, 0.15) is 18.7 Å². The van der Waals surface area contributed by atoms with E-state index in [4.69, 9.17) is 0 Å². The summed E-state index contributed by atoms with van der Waals surface area (Å²) < 4.78 is 0. The number of carbonyl (C=O) groups excluding carboxylic acids is 1. The molecule has 3 rings (SSSR count). The fraction of sp³-hybridized carbons (Fsp3) is 0.158. The lowest BCUT2D eigenvalue weighted by Gasteiger charge is -2.25. The maximum atomic E-state index is 12.6. The maximum absolute atomic E-state index is 12.6. The molecule has 0 aliphatic heterocycles. The fourth-order valence-corrected chi connectivity index (χ4v) is 2.54. The second kappa shape index (κ2) is 6.48. The largest absolute Gasteiger partial charge is 0.322 e. The van der Waals surface area contributed by atoms with E-state index in [1.165, 1.54) is 0 Å². The zero-order valence-electron chi connectivity index (χ0n) is 13.2. The van der Waals surface area contributed by atoms with Crippen molar-refractivity contribution in [1.29, 1.82) is 0 Å². The molecule has 0 aliphatic rings. The van der Waals surface area contributed by atoms with Gasteiger partial charge < -0.3 is 10.2 Å². The number of aromatic nitrogens is 1. The number of anilines is 1. The predicted molar refractivity (Wildman–Crippen MR) is 93.4 cm³/mol. The van der Waals surface area contributed by atoms with Crippen LogP contribution >= 0.6 is 0 Å². The van der Waals surface area contributed by atoms with E-state index in [2.05, 4.69) is 10.3 Å². The van der Waals surface area contributed by atoms with Crippen molar-refractivity contribution in [2.45, 2.75) is 13.0 Å². The SMILES string of the molecule is CC(c1ccccn1)N(C)C(=O)Nc1cccc2ccccc12. The zero-order chi connectivity index (χ0) is 16.2. The van der Waals surface area contributed by atoms with Crippen molar-refractivity contribution in [3.63, 3.8) is 0 Å². The van der Waals surface area contributed by atoms with E-state index in [1.807, 2.05) is 67.6 Å². The Labute approximate surface area is 135 Å². The summed E-state index contributed by atoms with van der Waals surface area (Å²) in [6.07, 6.45) is 1.74. The van der Waals surface area contributed by atoms with Crippen LogP contribution in [0.4, 0.5) is 10.5 Å². The standard InChI is InChI=1S/C19H19N3O/c1-14(17-11-5-6-13-20-17)22(2)19(23)21-18-12-7-9-15-8-3-4-10-16(15)18/h3-14H,1-2H3,(H,21,23). The van der Waals surface area contributed by atoms with Gasteiger partial charge in [0.15, 0.2) is 0 Å². The lowest BCUT2D eigenvalue weighted by Crippen LogP contribution is -2.34. The first-order chi connectivity index (χ1) is 11.2. The van der Waals surface area contributed by atoms with E-state index in [0.29, 0.717) is 0 Å². The second-order valence-corrected chi connectivity index (χ2v) is 5.50. The van der Waals surface area contributed by atoms with E-state index in [-0.39, 0.29) is 12.1 Å². The highest BCUT2D eigenvalue weighted by atomic mass is 16.2. The number of nitrogens with one attached hydrogen (secondary N) is 1. The summed E-state index contributed by atoms with van der Waals surface area (Å²) in [5.74, 6) is 0. The molecule has 1 N–H and O–H groups in total. The van der Waals surface area contributed by atoms with Gasteiger partial charge in [-0.3, -0.25) is 4.98 Å². The highest BCUT2D eigenvalue weighted by molar-refractivity contribution is 6.01. The molecule has 1 atom stereocenters. The molecule has 1 aromatic heterocycles. The van der Waals surface area contributed by atoms with E-state index in [1.54, 1.807) is 18.1 Å². The van der Waals surface area contributed by atoms with Gasteiger partial charge in [-0.2, -0.15) is 0 Å². The molecule has 0 saturated heterocycles. The summed E-state index contributed by atoms with van der Waals surface area (Å²) >= 11 is 0. The minimum absolute atomic E-state index is 0.105. The molecule has 116 valence electrons. The molecule has 1 heterocycles. The maximum Gasteiger partial charge on any atom is 0.322 e. The summed E-state index contributed by atoms with van der Waals surface area (Å²) in [5, 5.41) is 5.13. The first kappa shape index (κ1) is 15.0. The van der Waals surface area contributed by atoms with Gasteiger partial charge in [0, 0.05) is 18.6 Å². The summed E-state index contributed by atoms with van der Waals surface area (Å²) in [7, 11) is 1.78. The molecule has 0 spiro atoms. The number of urea groups is 1. The molecule has 0 bridgehead atoms. The Morgan fingerprint density at radius 1 is 1.04 bits per heavy atom. The first-order valence-electron chi connectivity index (χ1n) is 7.59. The van der Waals surface area contributed by atoms with Crippen molar-refractivity contribution in [1.82, 2.24) is 9.88 Å². The normalized spacial score (nSPS) is 11.9. The molecule has 23 heavy (non-hydrogen) atoms. The van der Waals surface area contributed by atoms with Gasteiger partial charge in [0.25, 0.3) is 0 Å². The van der Waals surface area contributed by atoms with Crippen LogP contribution in [0.2, 0.25) is 0 Å². The van der Waals surface area contributed by atoms with Gasteiger partial charge >= 0.3 is 6.03 Å². The quantitative estimate of drug-likeness (QED) is 0.776. The van der Waals surface area contributed by atoms with Gasteiger partial charge in [0.2, 0.25) is 0 Å². The molecule has 3 aromatic rings. The lowest BCUT2D eigenvalue weighted by atomic mass is 10.1. The molecular weight excluding hydrogens is 286 g/mol. The van der Waals surface area contributed by atoms with Crippen molar-refractivity contribution in [2.24, 2.45) is 0 Å². The van der Waals surface area contributed by atoms with Gasteiger partial charge in [0.1, 0.15) is 0 Å². The Morgan fingerprint density at radius 2 is 1.78 bits per heavy atom. The monoisotopic (exact) mass is 305 g/mol. The molecule has 4 nitrogen and oxygen atoms in total. The third-order valence-corrected chi connectivity index (χ3v) is 4.05. The van der Waals surface area contributed by atoms with Gasteiger partial charge in [-0.1, -0.05) is 42.5 Å². The molecule has 2 amide bonds. The highest BCUT2D eigenvalue weighted by Crippen LogP contribution is 2.24. The topological polar surface area (TPSA) is 45.2 Å². The molecule has 4 heteroatoms. The van der Waals surface area contributed by atoms with E-state index in [0.717, 1.165) is 22.2 Å². The zero-order valence-corrected chi connectivity index (χ0v) is 13.2. The highest BCUT2D eigenvalue weighted by Gasteiger charge is 2.18. The first-order valence-corrected chi connectivity index (χ1v) is 7.59. The minimum Gasteiger partial charge on any atom is -0.319 e. The minimum atomic E-state index is -0.153. The van der Waals surface area contributed by atoms with Crippen LogP contribution in [0, 0.1) is 0 Å². The van der Waals surface area contributed by atoms with Crippen LogP contribution in [0.3, 0.4) is 0 Å². The van der Waals surface area contributed by atoms with Gasteiger partial charge in [-0.15, -0.1) is 0 Å². The Morgan fingerprint density at radius 3 is 2.57 bits per heavy atom. The summed E-state index contributed by atoms with van der Waals surface area (Å²) in [5.41, 5.74) is 1.68. The Balaban J connectivity index is 1.80. The summed E-state index contributed by atoms with van der Waals surface area (Å²) in [6.45, 7) is 1.96. The van der Waals surface area contributed by atoms with E-state index < -0.39 is 0 Å². The van der Waals surface area contributed by atoms with Crippen molar-refractivity contribution in [3.05, 3.63) is 72.6 Å². The average molecular weight is 305 g/mol. The number of hydrogen-bond acceptors (Lipinski definition) is 2. The number of pyridine rings is 1. The molecule has 0 saturated carbocycles. The molecule has 2 aromatic carbocycles. The van der Waals surface area contributed by atoms with Crippen molar-refractivity contribution < 1.29 is 4.79 Å². The number of hydrogen-bond donors (Lipinski definition) is 1. The summed E-state index contributed by atoms with van der Waals surface area (Å²) in [6, 6.07) is 19.4. The van der Waals surface area contributed by atoms with Gasteiger partial charge in [0.05, 0.1) is 17.4 Å². The summed E-state index contributed by atoms with van der Waals surface area (Å²) in [4.78, 5) is 18.5. The van der Waals surface area contributed by atoms with Crippen LogP contribution in [-0.4, -0.2) is 23.0 Å². The fourth-order valence-electron chi connectivity index (χ4n) is 2.54. The average Bonchev–Trinajstić information content (AvgIpc) is 2.61. The van der Waals surface area contributed by atoms with E-state index in [9.17, 15) is 4.79 Å². The number of benzene rings is 2. The molecule has 0 aliphatic carbocycles. The van der Waals surface area contributed by atoms with Crippen LogP contribution in [0.25, 0.3) is 10.8 Å². The second-order valence-electron chi connectivity index (χ2n) is 5.50. The molecule has 0 fully saturated rings. The number of carbonyl (C=O) groups is 1. The van der Waals surface area contributed by atoms with Crippen LogP contribution in [-0.2, 0) is 0 Å². The number of amides is 2. The van der Waals surface area contributed by atoms with Crippen molar-refractivity contribution in [3.8, 4) is 0 Å². The van der Waals surface area contributed by atoms with Crippen molar-refractivity contribution >= 4 is 22.5 Å². The number of nitrogens with zero attached hydrogens (tertiary/aromatic N) is 2. The van der Waals surface area contributed by atoms with Gasteiger partial charge in [-0.05, 0) is 30.5 Å². The molecule has 1 unspecified atom stereocenters. The van der Waals surface area contributed by atoms with Crippen LogP contribution < -0.4 is 5.32 Å².